The summed E-state index contributed by atoms with van der Waals surface area (Å²) in [5.41, 5.74) is 3.28. The van der Waals surface area contributed by atoms with E-state index in [-0.39, 0.29) is 24.9 Å². The molecule has 3 aromatic carbocycles. The van der Waals surface area contributed by atoms with Crippen LogP contribution in [0.3, 0.4) is 0 Å². The summed E-state index contributed by atoms with van der Waals surface area (Å²) in [4.78, 5) is 17.6. The predicted molar refractivity (Wildman–Crippen MR) is 145 cm³/mol. The second-order valence-electron chi connectivity index (χ2n) is 8.18. The zero-order valence-corrected chi connectivity index (χ0v) is 21.5. The van der Waals surface area contributed by atoms with Crippen molar-refractivity contribution in [2.75, 3.05) is 29.9 Å². The summed E-state index contributed by atoms with van der Waals surface area (Å²) < 4.78 is 31.2. The molecule has 1 unspecified atom stereocenters. The molecule has 0 bridgehead atoms. The number of benzene rings is 3. The highest BCUT2D eigenvalue weighted by atomic mass is 35.5. The largest absolute Gasteiger partial charge is 0.494 e. The minimum absolute atomic E-state index is 0. The van der Waals surface area contributed by atoms with E-state index < -0.39 is 16.1 Å². The number of aliphatic hydroxyl groups is 1. The molecule has 0 saturated carbocycles. The van der Waals surface area contributed by atoms with Gasteiger partial charge >= 0.3 is 0 Å². The van der Waals surface area contributed by atoms with Gasteiger partial charge in [-0.2, -0.15) is 0 Å². The molecular weight excluding hydrogens is 504 g/mol. The van der Waals surface area contributed by atoms with Gasteiger partial charge in [-0.15, -0.1) is 12.4 Å². The van der Waals surface area contributed by atoms with Gasteiger partial charge in [0.1, 0.15) is 5.75 Å². The molecule has 4 rings (SSSR count). The van der Waals surface area contributed by atoms with E-state index in [1.807, 2.05) is 30.3 Å². The van der Waals surface area contributed by atoms with E-state index in [0.29, 0.717) is 39.1 Å². The van der Waals surface area contributed by atoms with Crippen LogP contribution in [-0.2, 0) is 10.0 Å². The lowest BCUT2D eigenvalue weighted by Gasteiger charge is -2.17. The number of methoxy groups -OCH3 is 1. The number of sulfonamides is 1. The topological polar surface area (TPSA) is 130 Å². The third-order valence-electron chi connectivity index (χ3n) is 5.28. The summed E-state index contributed by atoms with van der Waals surface area (Å²) in [5.74, 6) is 0.0949. The van der Waals surface area contributed by atoms with Crippen molar-refractivity contribution < 1.29 is 23.1 Å². The monoisotopic (exact) mass is 530 g/mol. The minimum Gasteiger partial charge on any atom is -0.494 e. The van der Waals surface area contributed by atoms with Crippen LogP contribution < -0.4 is 20.1 Å². The number of fused-ring (bicyclic) bond motifs is 2. The number of anilines is 3. The minimum atomic E-state index is -3.44. The third kappa shape index (κ3) is 5.96. The van der Waals surface area contributed by atoms with Crippen molar-refractivity contribution in [2.45, 2.75) is 13.0 Å². The van der Waals surface area contributed by atoms with Gasteiger partial charge in [0.25, 0.3) is 5.91 Å². The number of carbonyl (C=O) groups excluding carboxylic acids is 1. The van der Waals surface area contributed by atoms with Gasteiger partial charge in [-0.3, -0.25) is 9.52 Å². The van der Waals surface area contributed by atoms with Gasteiger partial charge in [-0.1, -0.05) is 30.3 Å². The molecule has 4 aromatic rings. The molecular formula is C25H27ClN4O5S. The Labute approximate surface area is 215 Å². The number of aromatic nitrogens is 1. The molecule has 0 radical (unpaired) electrons. The van der Waals surface area contributed by atoms with Crippen LogP contribution in [-0.4, -0.2) is 50.4 Å². The number of amides is 1. The zero-order valence-electron chi connectivity index (χ0n) is 19.9. The molecule has 11 heteroatoms. The maximum absolute atomic E-state index is 12.9. The average molecular weight is 531 g/mol. The van der Waals surface area contributed by atoms with Crippen LogP contribution >= 0.6 is 12.4 Å². The van der Waals surface area contributed by atoms with Gasteiger partial charge in [0, 0.05) is 23.4 Å². The van der Waals surface area contributed by atoms with Crippen LogP contribution in [0.1, 0.15) is 17.3 Å². The van der Waals surface area contributed by atoms with Crippen LogP contribution in [0.5, 0.6) is 5.75 Å². The number of nitrogens with one attached hydrogen (secondary N) is 3. The van der Waals surface area contributed by atoms with Gasteiger partial charge in [0.15, 0.2) is 0 Å². The van der Waals surface area contributed by atoms with Gasteiger partial charge in [-0.25, -0.2) is 13.4 Å². The Balaban J connectivity index is 0.00000361. The van der Waals surface area contributed by atoms with E-state index >= 15 is 0 Å². The van der Waals surface area contributed by atoms with Gasteiger partial charge < -0.3 is 20.5 Å². The molecule has 4 N–H and O–H groups in total. The number of halogens is 1. The second kappa shape index (κ2) is 11.0. The van der Waals surface area contributed by atoms with Crippen LogP contribution in [0.2, 0.25) is 0 Å². The van der Waals surface area contributed by atoms with Crippen molar-refractivity contribution >= 4 is 67.2 Å². The Kier molecular flexibility index (Phi) is 8.24. The van der Waals surface area contributed by atoms with Crippen LogP contribution in [0, 0.1) is 0 Å². The smallest absolute Gasteiger partial charge is 0.253 e. The van der Waals surface area contributed by atoms with Gasteiger partial charge in [0.2, 0.25) is 10.0 Å². The Morgan fingerprint density at radius 1 is 1.08 bits per heavy atom. The summed E-state index contributed by atoms with van der Waals surface area (Å²) >= 11 is 0. The molecule has 0 spiro atoms. The molecule has 9 nitrogen and oxygen atoms in total. The normalized spacial score (nSPS) is 12.0. The van der Waals surface area contributed by atoms with Crippen molar-refractivity contribution in [1.29, 1.82) is 0 Å². The van der Waals surface area contributed by atoms with E-state index in [9.17, 15) is 18.3 Å². The molecule has 36 heavy (non-hydrogen) atoms. The number of carbonyl (C=O) groups is 1. The molecule has 0 aliphatic carbocycles. The number of pyridine rings is 1. The van der Waals surface area contributed by atoms with Crippen molar-refractivity contribution in [3.05, 3.63) is 66.2 Å². The van der Waals surface area contributed by atoms with Crippen molar-refractivity contribution in [2.24, 2.45) is 0 Å². The highest BCUT2D eigenvalue weighted by Gasteiger charge is 2.17. The number of para-hydroxylation sites is 2. The number of hydrogen-bond acceptors (Lipinski definition) is 7. The number of hydrogen-bond donors (Lipinski definition) is 4. The maximum Gasteiger partial charge on any atom is 0.253 e. The fourth-order valence-electron chi connectivity index (χ4n) is 3.77. The summed E-state index contributed by atoms with van der Waals surface area (Å²) in [6.07, 6.45) is 0.406. The number of ether oxygens (including phenoxy) is 1. The van der Waals surface area contributed by atoms with E-state index in [1.54, 1.807) is 37.3 Å². The second-order valence-corrected chi connectivity index (χ2v) is 9.93. The summed E-state index contributed by atoms with van der Waals surface area (Å²) in [7, 11) is -1.94. The SMILES string of the molecule is COc1cc(NS(C)(=O)=O)ccc1Nc1c2ccccc2nc2c(C(=O)NCC(C)O)cccc12.Cl. The van der Waals surface area contributed by atoms with E-state index in [1.165, 1.54) is 7.11 Å². The first-order chi connectivity index (χ1) is 16.7. The predicted octanol–water partition coefficient (Wildman–Crippen LogP) is 4.04. The van der Waals surface area contributed by atoms with Crippen LogP contribution in [0.4, 0.5) is 17.1 Å². The standard InChI is InChI=1S/C25H26N4O5S.ClH/c1-15(30)14-26-25(31)19-9-6-8-18-23(17-7-4-5-10-20(17)27-24(18)19)28-21-12-11-16(13-22(21)34-2)29-35(3,32)33;/h4-13,15,29-30H,14H2,1-3H3,(H,26,31)(H,27,28);1H. The first-order valence-electron chi connectivity index (χ1n) is 10.9. The number of aliphatic hydroxyl groups excluding tert-OH is 1. The highest BCUT2D eigenvalue weighted by molar-refractivity contribution is 7.92. The number of rotatable bonds is 8. The summed E-state index contributed by atoms with van der Waals surface area (Å²) in [6, 6.07) is 17.8. The maximum atomic E-state index is 12.9. The fraction of sp³-hybridized carbons (Fsp3) is 0.200. The van der Waals surface area contributed by atoms with Crippen LogP contribution in [0.15, 0.2) is 60.7 Å². The molecule has 1 heterocycles. The lowest BCUT2D eigenvalue weighted by atomic mass is 10.0. The number of nitrogens with zero attached hydrogens (tertiary/aromatic N) is 1. The molecule has 0 saturated heterocycles. The summed E-state index contributed by atoms with van der Waals surface area (Å²) in [5, 5.41) is 17.2. The van der Waals surface area contributed by atoms with Crippen LogP contribution in [0.25, 0.3) is 21.8 Å². The lowest BCUT2D eigenvalue weighted by molar-refractivity contribution is 0.0925. The molecule has 0 aliphatic rings. The quantitative estimate of drug-likeness (QED) is 0.253. The van der Waals surface area contributed by atoms with Crippen molar-refractivity contribution in [3.63, 3.8) is 0 Å². The van der Waals surface area contributed by atoms with Gasteiger partial charge in [0.05, 0.1) is 53.1 Å². The Morgan fingerprint density at radius 2 is 1.81 bits per heavy atom. The molecule has 1 aromatic heterocycles. The zero-order chi connectivity index (χ0) is 25.2. The van der Waals surface area contributed by atoms with E-state index in [0.717, 1.165) is 17.3 Å². The van der Waals surface area contributed by atoms with Gasteiger partial charge in [-0.05, 0) is 31.2 Å². The molecule has 0 aliphatic heterocycles. The molecule has 1 amide bonds. The third-order valence-corrected chi connectivity index (χ3v) is 5.88. The highest BCUT2D eigenvalue weighted by Crippen LogP contribution is 2.37. The molecule has 190 valence electrons. The molecule has 0 fully saturated rings. The van der Waals surface area contributed by atoms with E-state index in [2.05, 4.69) is 15.4 Å². The lowest BCUT2D eigenvalue weighted by Crippen LogP contribution is -2.30. The Bertz CT molecular complexity index is 1530. The Hall–Kier alpha value is -3.60. The Morgan fingerprint density at radius 3 is 2.50 bits per heavy atom. The van der Waals surface area contributed by atoms with Crippen molar-refractivity contribution in [1.82, 2.24) is 10.3 Å². The van der Waals surface area contributed by atoms with Crippen molar-refractivity contribution in [3.8, 4) is 5.75 Å². The van der Waals surface area contributed by atoms with E-state index in [4.69, 9.17) is 9.72 Å². The first kappa shape index (κ1) is 27.0. The fourth-order valence-corrected chi connectivity index (χ4v) is 4.33. The average Bonchev–Trinajstić information content (AvgIpc) is 2.81. The molecule has 1 atom stereocenters. The first-order valence-corrected chi connectivity index (χ1v) is 12.8. The summed E-state index contributed by atoms with van der Waals surface area (Å²) in [6.45, 7) is 1.72.